The fraction of sp³-hybridized carbons (Fsp3) is 0.357. The van der Waals surface area contributed by atoms with E-state index in [1.807, 2.05) is 23.9 Å². The average Bonchev–Trinajstić information content (AvgIpc) is 2.48. The van der Waals surface area contributed by atoms with E-state index in [2.05, 4.69) is 10.3 Å². The van der Waals surface area contributed by atoms with E-state index in [1.54, 1.807) is 12.3 Å². The molecule has 104 valence electrons. The van der Waals surface area contributed by atoms with Gasteiger partial charge >= 0.3 is 0 Å². The Labute approximate surface area is 120 Å². The summed E-state index contributed by atoms with van der Waals surface area (Å²) in [5.41, 5.74) is 1.45. The third kappa shape index (κ3) is 2.56. The third-order valence-corrected chi connectivity index (χ3v) is 4.68. The van der Waals surface area contributed by atoms with Crippen molar-refractivity contribution in [3.8, 4) is 0 Å². The van der Waals surface area contributed by atoms with Crippen LogP contribution in [-0.2, 0) is 0 Å². The smallest absolute Gasteiger partial charge is 0.295 e. The standard InChI is InChI=1S/C14H15N3O2S/c18-17(19)13-5-1-4-11-12(6-7-15-14(11)13)16-10-3-2-8-20-9-10/h1,4-7,10H,2-3,8-9H2,(H,15,16). The summed E-state index contributed by atoms with van der Waals surface area (Å²) in [5, 5.41) is 15.4. The summed E-state index contributed by atoms with van der Waals surface area (Å²) in [4.78, 5) is 14.8. The lowest BCUT2D eigenvalue weighted by Gasteiger charge is -2.24. The zero-order valence-corrected chi connectivity index (χ0v) is 11.7. The van der Waals surface area contributed by atoms with E-state index in [0.29, 0.717) is 11.6 Å². The lowest BCUT2D eigenvalue weighted by molar-refractivity contribution is -0.383. The Bertz CT molecular complexity index is 641. The van der Waals surface area contributed by atoms with Gasteiger partial charge < -0.3 is 5.32 Å². The fourth-order valence-electron chi connectivity index (χ4n) is 2.51. The van der Waals surface area contributed by atoms with Gasteiger partial charge in [-0.3, -0.25) is 10.1 Å². The SMILES string of the molecule is O=[N+]([O-])c1cccc2c(NC3CCCSC3)ccnc12. The minimum absolute atomic E-state index is 0.0594. The number of anilines is 1. The summed E-state index contributed by atoms with van der Waals surface area (Å²) in [6.45, 7) is 0. The summed E-state index contributed by atoms with van der Waals surface area (Å²) in [6, 6.07) is 7.41. The largest absolute Gasteiger partial charge is 0.381 e. The first-order valence-corrected chi connectivity index (χ1v) is 7.77. The molecule has 5 nitrogen and oxygen atoms in total. The highest BCUT2D eigenvalue weighted by atomic mass is 32.2. The van der Waals surface area contributed by atoms with Crippen LogP contribution in [0.4, 0.5) is 11.4 Å². The van der Waals surface area contributed by atoms with Gasteiger partial charge in [0.05, 0.1) is 4.92 Å². The molecule has 1 unspecified atom stereocenters. The number of para-hydroxylation sites is 1. The molecule has 1 aliphatic rings. The van der Waals surface area contributed by atoms with Gasteiger partial charge in [0, 0.05) is 35.1 Å². The summed E-state index contributed by atoms with van der Waals surface area (Å²) >= 11 is 1.95. The van der Waals surface area contributed by atoms with Gasteiger partial charge in [0.25, 0.3) is 5.69 Å². The molecular weight excluding hydrogens is 274 g/mol. The second-order valence-corrected chi connectivity index (χ2v) is 6.00. The number of nitrogens with one attached hydrogen (secondary N) is 1. The molecule has 20 heavy (non-hydrogen) atoms. The lowest BCUT2D eigenvalue weighted by Crippen LogP contribution is -2.25. The number of nitro groups is 1. The van der Waals surface area contributed by atoms with Crippen molar-refractivity contribution in [3.63, 3.8) is 0 Å². The van der Waals surface area contributed by atoms with E-state index < -0.39 is 0 Å². The Morgan fingerprint density at radius 1 is 1.40 bits per heavy atom. The normalized spacial score (nSPS) is 18.9. The van der Waals surface area contributed by atoms with Gasteiger partial charge in [-0.15, -0.1) is 0 Å². The fourth-order valence-corrected chi connectivity index (χ4v) is 3.58. The van der Waals surface area contributed by atoms with Crippen molar-refractivity contribution in [1.82, 2.24) is 4.98 Å². The molecule has 1 aromatic carbocycles. The van der Waals surface area contributed by atoms with Crippen molar-refractivity contribution in [2.24, 2.45) is 0 Å². The van der Waals surface area contributed by atoms with E-state index >= 15 is 0 Å². The maximum atomic E-state index is 11.1. The number of non-ortho nitro benzene ring substituents is 1. The van der Waals surface area contributed by atoms with Crippen LogP contribution in [0.25, 0.3) is 10.9 Å². The molecule has 0 saturated carbocycles. The van der Waals surface area contributed by atoms with Crippen LogP contribution in [0, 0.1) is 10.1 Å². The first-order valence-electron chi connectivity index (χ1n) is 6.62. The van der Waals surface area contributed by atoms with Crippen LogP contribution in [0.1, 0.15) is 12.8 Å². The first-order chi connectivity index (χ1) is 9.75. The molecular formula is C14H15N3O2S. The summed E-state index contributed by atoms with van der Waals surface area (Å²) < 4.78 is 0. The quantitative estimate of drug-likeness (QED) is 0.692. The van der Waals surface area contributed by atoms with Gasteiger partial charge in [-0.1, -0.05) is 12.1 Å². The molecule has 1 aromatic heterocycles. The molecule has 0 amide bonds. The van der Waals surface area contributed by atoms with E-state index in [4.69, 9.17) is 0 Å². The number of nitrogens with zero attached hydrogens (tertiary/aromatic N) is 2. The number of pyridine rings is 1. The minimum Gasteiger partial charge on any atom is -0.381 e. The van der Waals surface area contributed by atoms with E-state index in [0.717, 1.165) is 23.2 Å². The van der Waals surface area contributed by atoms with Crippen LogP contribution >= 0.6 is 11.8 Å². The number of thioether (sulfide) groups is 1. The number of rotatable bonds is 3. The van der Waals surface area contributed by atoms with Crippen molar-refractivity contribution in [2.75, 3.05) is 16.8 Å². The van der Waals surface area contributed by atoms with Crippen molar-refractivity contribution in [3.05, 3.63) is 40.6 Å². The molecule has 0 bridgehead atoms. The Balaban J connectivity index is 1.98. The zero-order valence-electron chi connectivity index (χ0n) is 10.9. The molecule has 1 atom stereocenters. The van der Waals surface area contributed by atoms with Gasteiger partial charge in [-0.2, -0.15) is 11.8 Å². The zero-order chi connectivity index (χ0) is 13.9. The highest BCUT2D eigenvalue weighted by Crippen LogP contribution is 2.30. The summed E-state index contributed by atoms with van der Waals surface area (Å²) in [7, 11) is 0. The van der Waals surface area contributed by atoms with Crippen molar-refractivity contribution in [1.29, 1.82) is 0 Å². The Kier molecular flexibility index (Phi) is 3.73. The molecule has 1 N–H and O–H groups in total. The van der Waals surface area contributed by atoms with Crippen LogP contribution < -0.4 is 5.32 Å². The first kappa shape index (κ1) is 13.2. The van der Waals surface area contributed by atoms with E-state index in [1.165, 1.54) is 18.2 Å². The van der Waals surface area contributed by atoms with Crippen molar-refractivity contribution >= 4 is 34.0 Å². The molecule has 1 aliphatic heterocycles. The predicted octanol–water partition coefficient (Wildman–Crippen LogP) is 3.45. The van der Waals surface area contributed by atoms with Crippen molar-refractivity contribution < 1.29 is 4.92 Å². The maximum Gasteiger partial charge on any atom is 0.295 e. The molecule has 6 heteroatoms. The number of hydrogen-bond donors (Lipinski definition) is 1. The molecule has 1 saturated heterocycles. The summed E-state index contributed by atoms with van der Waals surface area (Å²) in [5.74, 6) is 2.31. The molecule has 2 aromatic rings. The highest BCUT2D eigenvalue weighted by Gasteiger charge is 2.17. The van der Waals surface area contributed by atoms with Gasteiger partial charge in [0.15, 0.2) is 0 Å². The van der Waals surface area contributed by atoms with Crippen LogP contribution in [0.3, 0.4) is 0 Å². The molecule has 0 radical (unpaired) electrons. The van der Waals surface area contributed by atoms with Crippen LogP contribution in [-0.4, -0.2) is 27.5 Å². The van der Waals surface area contributed by atoms with E-state index in [-0.39, 0.29) is 10.6 Å². The number of benzene rings is 1. The molecule has 3 rings (SSSR count). The number of fused-ring (bicyclic) bond motifs is 1. The van der Waals surface area contributed by atoms with Gasteiger partial charge in [-0.05, 0) is 24.7 Å². The number of aromatic nitrogens is 1. The Morgan fingerprint density at radius 3 is 3.05 bits per heavy atom. The van der Waals surface area contributed by atoms with E-state index in [9.17, 15) is 10.1 Å². The second-order valence-electron chi connectivity index (χ2n) is 4.85. The average molecular weight is 289 g/mol. The molecule has 0 aliphatic carbocycles. The number of hydrogen-bond acceptors (Lipinski definition) is 5. The molecule has 1 fully saturated rings. The summed E-state index contributed by atoms with van der Waals surface area (Å²) in [6.07, 6.45) is 3.99. The van der Waals surface area contributed by atoms with Gasteiger partial charge in [0.2, 0.25) is 0 Å². The second kappa shape index (κ2) is 5.66. The van der Waals surface area contributed by atoms with Crippen molar-refractivity contribution in [2.45, 2.75) is 18.9 Å². The number of nitro benzene ring substituents is 1. The predicted molar refractivity (Wildman–Crippen MR) is 82.4 cm³/mol. The van der Waals surface area contributed by atoms with Gasteiger partial charge in [0.1, 0.15) is 5.52 Å². The molecule has 0 spiro atoms. The Hall–Kier alpha value is -1.82. The van der Waals surface area contributed by atoms with Crippen LogP contribution in [0.2, 0.25) is 0 Å². The molecule has 2 heterocycles. The maximum absolute atomic E-state index is 11.1. The van der Waals surface area contributed by atoms with Gasteiger partial charge in [-0.25, -0.2) is 4.98 Å². The lowest BCUT2D eigenvalue weighted by atomic mass is 10.1. The monoisotopic (exact) mass is 289 g/mol. The van der Waals surface area contributed by atoms with Crippen LogP contribution in [0.5, 0.6) is 0 Å². The van der Waals surface area contributed by atoms with Crippen LogP contribution in [0.15, 0.2) is 30.5 Å². The highest BCUT2D eigenvalue weighted by molar-refractivity contribution is 7.99. The Morgan fingerprint density at radius 2 is 2.30 bits per heavy atom. The minimum atomic E-state index is -0.379. The third-order valence-electron chi connectivity index (χ3n) is 3.47. The topological polar surface area (TPSA) is 68.1 Å².